The molecule has 2 rings (SSSR count). The Hall–Kier alpha value is -1.27. The van der Waals surface area contributed by atoms with Gasteiger partial charge >= 0.3 is 12.2 Å². The number of amidine groups is 1. The van der Waals surface area contributed by atoms with Crippen LogP contribution in [0.3, 0.4) is 0 Å². The van der Waals surface area contributed by atoms with Crippen molar-refractivity contribution in [1.82, 2.24) is 4.90 Å². The number of aliphatic imine (C=N–C) groups is 1. The Morgan fingerprint density at radius 3 is 2.61 bits per heavy atom. The first kappa shape index (κ1) is 13.2. The van der Waals surface area contributed by atoms with E-state index in [9.17, 15) is 18.0 Å². The molecule has 2 N–H and O–H groups in total. The number of carbonyl (C=O) groups excluding carboxylic acids is 1. The van der Waals surface area contributed by atoms with Crippen LogP contribution >= 0.6 is 0 Å². The summed E-state index contributed by atoms with van der Waals surface area (Å²) in [5, 5.41) is 0. The van der Waals surface area contributed by atoms with E-state index in [1.165, 1.54) is 0 Å². The molecule has 4 nitrogen and oxygen atoms in total. The average Bonchev–Trinajstić information content (AvgIpc) is 2.96. The molecule has 0 radical (unpaired) electrons. The van der Waals surface area contributed by atoms with E-state index in [2.05, 4.69) is 4.99 Å². The molecule has 7 heteroatoms. The van der Waals surface area contributed by atoms with Crippen LogP contribution in [-0.4, -0.2) is 34.5 Å². The molecular formula is C11H16F3N3O. The van der Waals surface area contributed by atoms with E-state index in [4.69, 9.17) is 5.73 Å². The van der Waals surface area contributed by atoms with Gasteiger partial charge in [0.2, 0.25) is 0 Å². The Labute approximate surface area is 103 Å². The van der Waals surface area contributed by atoms with Crippen LogP contribution in [0.2, 0.25) is 0 Å². The van der Waals surface area contributed by atoms with Crippen molar-refractivity contribution in [3.63, 3.8) is 0 Å². The van der Waals surface area contributed by atoms with E-state index in [1.807, 2.05) is 0 Å². The summed E-state index contributed by atoms with van der Waals surface area (Å²) in [6.07, 6.45) is -3.12. The van der Waals surface area contributed by atoms with Crippen molar-refractivity contribution in [2.24, 2.45) is 10.7 Å². The van der Waals surface area contributed by atoms with E-state index >= 15 is 0 Å². The summed E-state index contributed by atoms with van der Waals surface area (Å²) in [5.41, 5.74) is 4.87. The van der Waals surface area contributed by atoms with Crippen molar-refractivity contribution in [1.29, 1.82) is 0 Å². The lowest BCUT2D eigenvalue weighted by Gasteiger charge is -2.35. The summed E-state index contributed by atoms with van der Waals surface area (Å²) < 4.78 is 36.5. The number of amides is 2. The molecule has 1 unspecified atom stereocenters. The summed E-state index contributed by atoms with van der Waals surface area (Å²) in [7, 11) is 0. The van der Waals surface area contributed by atoms with Crippen LogP contribution in [0.1, 0.15) is 39.0 Å². The molecular weight excluding hydrogens is 247 g/mol. The minimum Gasteiger partial charge on any atom is -0.385 e. The number of alkyl halides is 3. The van der Waals surface area contributed by atoms with Crippen LogP contribution in [0.4, 0.5) is 18.0 Å². The Balaban J connectivity index is 2.03. The Kier molecular flexibility index (Phi) is 3.03. The standard InChI is InChI=1S/C11H16F3N3O/c1-10(5-2-6-11(12,13)14)8(15)16-9(18)17(10)7-3-4-7/h7H,2-6H2,1H3,(H2,15,16,18). The SMILES string of the molecule is CC1(CCCC(F)(F)F)C(N)=NC(=O)N1C1CC1. The quantitative estimate of drug-likeness (QED) is 0.846. The topological polar surface area (TPSA) is 58.7 Å². The fourth-order valence-corrected chi connectivity index (χ4v) is 2.39. The number of hydrogen-bond donors (Lipinski definition) is 1. The van der Waals surface area contributed by atoms with Crippen LogP contribution in [0.15, 0.2) is 4.99 Å². The zero-order valence-electron chi connectivity index (χ0n) is 10.1. The van der Waals surface area contributed by atoms with Gasteiger partial charge in [-0.1, -0.05) is 0 Å². The number of halogens is 3. The lowest BCUT2D eigenvalue weighted by Crippen LogP contribution is -2.52. The summed E-state index contributed by atoms with van der Waals surface area (Å²) in [5.74, 6) is 0.140. The molecule has 0 saturated heterocycles. The number of nitrogens with zero attached hydrogens (tertiary/aromatic N) is 2. The summed E-state index contributed by atoms with van der Waals surface area (Å²) in [6.45, 7) is 1.70. The fourth-order valence-electron chi connectivity index (χ4n) is 2.39. The molecule has 1 fully saturated rings. The molecule has 2 aliphatic rings. The van der Waals surface area contributed by atoms with Gasteiger partial charge in [-0.05, 0) is 32.6 Å². The Morgan fingerprint density at radius 1 is 1.50 bits per heavy atom. The predicted octanol–water partition coefficient (Wildman–Crippen LogP) is 2.43. The van der Waals surface area contributed by atoms with Crippen LogP contribution in [0.5, 0.6) is 0 Å². The smallest absolute Gasteiger partial charge is 0.385 e. The van der Waals surface area contributed by atoms with E-state index in [0.717, 1.165) is 12.8 Å². The van der Waals surface area contributed by atoms with Crippen LogP contribution in [0, 0.1) is 0 Å². The second-order valence-electron chi connectivity index (χ2n) is 5.12. The number of rotatable bonds is 4. The molecule has 0 bridgehead atoms. The van der Waals surface area contributed by atoms with E-state index < -0.39 is 24.2 Å². The molecule has 18 heavy (non-hydrogen) atoms. The lowest BCUT2D eigenvalue weighted by atomic mass is 9.92. The average molecular weight is 263 g/mol. The molecule has 1 aliphatic heterocycles. The van der Waals surface area contributed by atoms with Gasteiger partial charge in [-0.25, -0.2) is 4.79 Å². The third kappa shape index (κ3) is 2.44. The number of hydrogen-bond acceptors (Lipinski definition) is 2. The number of urea groups is 1. The van der Waals surface area contributed by atoms with Gasteiger partial charge in [-0.3, -0.25) is 0 Å². The van der Waals surface area contributed by atoms with E-state index in [0.29, 0.717) is 0 Å². The monoisotopic (exact) mass is 263 g/mol. The number of carbonyl (C=O) groups is 1. The second kappa shape index (κ2) is 4.13. The third-order valence-electron chi connectivity index (χ3n) is 3.54. The highest BCUT2D eigenvalue weighted by molar-refractivity contribution is 6.05. The minimum atomic E-state index is -4.17. The maximum absolute atomic E-state index is 12.2. The molecule has 0 spiro atoms. The molecule has 1 aliphatic carbocycles. The Bertz CT molecular complexity index is 389. The first-order valence-electron chi connectivity index (χ1n) is 5.99. The zero-order valence-corrected chi connectivity index (χ0v) is 10.1. The van der Waals surface area contributed by atoms with Crippen LogP contribution in [0.25, 0.3) is 0 Å². The van der Waals surface area contributed by atoms with E-state index in [-0.39, 0.29) is 24.7 Å². The molecule has 2 amide bonds. The predicted molar refractivity (Wildman–Crippen MR) is 60.2 cm³/mol. The lowest BCUT2D eigenvalue weighted by molar-refractivity contribution is -0.136. The largest absolute Gasteiger partial charge is 0.389 e. The molecule has 1 heterocycles. The van der Waals surface area contributed by atoms with Gasteiger partial charge in [0.1, 0.15) is 5.84 Å². The maximum Gasteiger partial charge on any atom is 0.389 e. The van der Waals surface area contributed by atoms with Gasteiger partial charge in [0.25, 0.3) is 0 Å². The van der Waals surface area contributed by atoms with Crippen molar-refractivity contribution < 1.29 is 18.0 Å². The van der Waals surface area contributed by atoms with Gasteiger partial charge in [0.15, 0.2) is 0 Å². The molecule has 0 aromatic rings. The summed E-state index contributed by atoms with van der Waals surface area (Å²) in [6, 6.07) is -0.317. The summed E-state index contributed by atoms with van der Waals surface area (Å²) in [4.78, 5) is 16.9. The third-order valence-corrected chi connectivity index (χ3v) is 3.54. The van der Waals surface area contributed by atoms with Crippen molar-refractivity contribution in [3.8, 4) is 0 Å². The van der Waals surface area contributed by atoms with Gasteiger partial charge in [-0.15, -0.1) is 0 Å². The Morgan fingerprint density at radius 2 is 2.11 bits per heavy atom. The minimum absolute atomic E-state index is 0.0489. The maximum atomic E-state index is 12.2. The molecule has 102 valence electrons. The highest BCUT2D eigenvalue weighted by atomic mass is 19.4. The van der Waals surface area contributed by atoms with Crippen molar-refractivity contribution >= 4 is 11.9 Å². The van der Waals surface area contributed by atoms with Crippen LogP contribution in [-0.2, 0) is 0 Å². The highest BCUT2D eigenvalue weighted by Gasteiger charge is 2.50. The molecule has 1 saturated carbocycles. The van der Waals surface area contributed by atoms with Crippen molar-refractivity contribution in [2.45, 2.75) is 56.8 Å². The number of nitrogens with two attached hydrogens (primary N) is 1. The van der Waals surface area contributed by atoms with Crippen molar-refractivity contribution in [3.05, 3.63) is 0 Å². The van der Waals surface area contributed by atoms with Gasteiger partial charge in [0, 0.05) is 12.5 Å². The fraction of sp³-hybridized carbons (Fsp3) is 0.818. The van der Waals surface area contributed by atoms with Gasteiger partial charge < -0.3 is 10.6 Å². The zero-order chi connectivity index (χ0) is 13.6. The first-order chi connectivity index (χ1) is 8.24. The van der Waals surface area contributed by atoms with Gasteiger partial charge in [-0.2, -0.15) is 18.2 Å². The van der Waals surface area contributed by atoms with Crippen LogP contribution < -0.4 is 5.73 Å². The van der Waals surface area contributed by atoms with Crippen molar-refractivity contribution in [2.75, 3.05) is 0 Å². The highest BCUT2D eigenvalue weighted by Crippen LogP contribution is 2.39. The van der Waals surface area contributed by atoms with Gasteiger partial charge in [0.05, 0.1) is 5.54 Å². The molecule has 1 atom stereocenters. The first-order valence-corrected chi connectivity index (χ1v) is 5.99. The summed E-state index contributed by atoms with van der Waals surface area (Å²) >= 11 is 0. The second-order valence-corrected chi connectivity index (χ2v) is 5.12. The normalized spacial score (nSPS) is 28.8. The molecule has 0 aromatic heterocycles. The van der Waals surface area contributed by atoms with E-state index in [1.54, 1.807) is 11.8 Å². The molecule has 0 aromatic carbocycles.